The van der Waals surface area contributed by atoms with Crippen molar-refractivity contribution in [3.63, 3.8) is 0 Å². The maximum Gasteiger partial charge on any atom is 0.258 e. The zero-order valence-corrected chi connectivity index (χ0v) is 19.4. The highest BCUT2D eigenvalue weighted by atomic mass is 16.5. The van der Waals surface area contributed by atoms with Crippen LogP contribution in [-0.2, 0) is 6.54 Å². The fourth-order valence-corrected chi connectivity index (χ4v) is 4.18. The van der Waals surface area contributed by atoms with Gasteiger partial charge < -0.3 is 19.7 Å². The molecule has 1 aliphatic rings. The first kappa shape index (κ1) is 22.7. The molecule has 4 rings (SSSR count). The Balaban J connectivity index is 1.61. The Morgan fingerprint density at radius 2 is 1.70 bits per heavy atom. The number of carbonyl (C=O) groups excluding carboxylic acids is 1. The van der Waals surface area contributed by atoms with Gasteiger partial charge in [-0.1, -0.05) is 74.7 Å². The Labute approximate surface area is 196 Å². The van der Waals surface area contributed by atoms with E-state index < -0.39 is 0 Å². The van der Waals surface area contributed by atoms with Gasteiger partial charge in [-0.2, -0.15) is 0 Å². The molecule has 0 spiro atoms. The third-order valence-electron chi connectivity index (χ3n) is 5.98. The van der Waals surface area contributed by atoms with Crippen LogP contribution >= 0.6 is 0 Å². The van der Waals surface area contributed by atoms with Crippen LogP contribution in [0.2, 0.25) is 0 Å². The summed E-state index contributed by atoms with van der Waals surface area (Å²) in [5, 5.41) is 3.56. The topological polar surface area (TPSA) is 50.8 Å². The van der Waals surface area contributed by atoms with E-state index in [1.54, 1.807) is 7.11 Å². The van der Waals surface area contributed by atoms with Crippen molar-refractivity contribution in [2.45, 2.75) is 45.3 Å². The number of nitrogens with one attached hydrogen (secondary N) is 1. The number of methoxy groups -OCH3 is 1. The van der Waals surface area contributed by atoms with Crippen LogP contribution < -0.4 is 14.8 Å². The first-order valence-electron chi connectivity index (χ1n) is 11.7. The largest absolute Gasteiger partial charge is 0.493 e. The maximum atomic E-state index is 13.5. The minimum atomic E-state index is -0.319. The van der Waals surface area contributed by atoms with E-state index in [-0.39, 0.29) is 12.1 Å². The lowest BCUT2D eigenvalue weighted by Gasteiger charge is -2.38. The number of benzene rings is 3. The van der Waals surface area contributed by atoms with Crippen molar-refractivity contribution in [3.8, 4) is 11.5 Å². The van der Waals surface area contributed by atoms with Crippen LogP contribution in [0.5, 0.6) is 11.5 Å². The van der Waals surface area contributed by atoms with Crippen LogP contribution in [0.15, 0.2) is 72.8 Å². The van der Waals surface area contributed by atoms with Gasteiger partial charge in [0.25, 0.3) is 5.91 Å². The number of anilines is 1. The molecule has 1 aliphatic heterocycles. The van der Waals surface area contributed by atoms with Gasteiger partial charge in [-0.15, -0.1) is 0 Å². The van der Waals surface area contributed by atoms with Gasteiger partial charge in [0, 0.05) is 12.2 Å². The van der Waals surface area contributed by atoms with E-state index in [9.17, 15) is 4.79 Å². The molecule has 0 radical (unpaired) electrons. The highest BCUT2D eigenvalue weighted by Crippen LogP contribution is 2.37. The number of fused-ring (bicyclic) bond motifs is 1. The van der Waals surface area contributed by atoms with Crippen molar-refractivity contribution in [2.75, 3.05) is 19.0 Å². The smallest absolute Gasteiger partial charge is 0.258 e. The minimum absolute atomic E-state index is 0.00780. The first-order chi connectivity index (χ1) is 16.2. The van der Waals surface area contributed by atoms with Gasteiger partial charge in [0.05, 0.1) is 19.3 Å². The van der Waals surface area contributed by atoms with Crippen LogP contribution in [0, 0.1) is 0 Å². The number of hydrogen-bond donors (Lipinski definition) is 1. The third-order valence-corrected chi connectivity index (χ3v) is 5.98. The quantitative estimate of drug-likeness (QED) is 0.367. The minimum Gasteiger partial charge on any atom is -0.493 e. The summed E-state index contributed by atoms with van der Waals surface area (Å²) in [4.78, 5) is 15.4. The Bertz CT molecular complexity index is 1070. The van der Waals surface area contributed by atoms with Crippen molar-refractivity contribution >= 4 is 11.6 Å². The summed E-state index contributed by atoms with van der Waals surface area (Å²) in [6.45, 7) is 3.37. The number of amides is 1. The fraction of sp³-hybridized carbons (Fsp3) is 0.321. The van der Waals surface area contributed by atoms with Crippen LogP contribution in [0.4, 0.5) is 5.69 Å². The Hall–Kier alpha value is -3.47. The summed E-state index contributed by atoms with van der Waals surface area (Å²) in [6, 6.07) is 23.7. The molecule has 0 bridgehead atoms. The predicted octanol–water partition coefficient (Wildman–Crippen LogP) is 6.42. The number of carbonyl (C=O) groups is 1. The molecule has 1 heterocycles. The molecule has 1 N–H and O–H groups in total. The van der Waals surface area contributed by atoms with Gasteiger partial charge in [-0.25, -0.2) is 0 Å². The molecule has 5 nitrogen and oxygen atoms in total. The average molecular weight is 445 g/mol. The van der Waals surface area contributed by atoms with E-state index in [0.29, 0.717) is 24.5 Å². The zero-order chi connectivity index (χ0) is 23.0. The van der Waals surface area contributed by atoms with E-state index in [1.165, 1.54) is 19.3 Å². The van der Waals surface area contributed by atoms with Gasteiger partial charge in [-0.3, -0.25) is 4.79 Å². The van der Waals surface area contributed by atoms with Crippen molar-refractivity contribution in [2.24, 2.45) is 0 Å². The molecule has 0 saturated carbocycles. The Morgan fingerprint density at radius 3 is 2.48 bits per heavy atom. The van der Waals surface area contributed by atoms with E-state index >= 15 is 0 Å². The lowest BCUT2D eigenvalue weighted by Crippen LogP contribution is -2.42. The molecule has 3 aromatic rings. The number of ether oxygens (including phenoxy) is 2. The Kier molecular flexibility index (Phi) is 7.51. The van der Waals surface area contributed by atoms with Gasteiger partial charge in [-0.05, 0) is 41.8 Å². The maximum absolute atomic E-state index is 13.5. The molecule has 1 unspecified atom stereocenters. The standard InChI is InChI=1S/C28H32N2O3/c1-3-4-5-11-18-33-25-17-16-22(19-26(25)32-2)27-29-24-15-10-9-14-23(24)28(31)30(27)20-21-12-7-6-8-13-21/h6-10,12-17,19,27,29H,3-5,11,18,20H2,1-2H3. The molecule has 5 heteroatoms. The average Bonchev–Trinajstić information content (AvgIpc) is 2.86. The van der Waals surface area contributed by atoms with E-state index in [0.717, 1.165) is 29.0 Å². The summed E-state index contributed by atoms with van der Waals surface area (Å²) >= 11 is 0. The second kappa shape index (κ2) is 10.9. The SMILES string of the molecule is CCCCCCOc1ccc(C2Nc3ccccc3C(=O)N2Cc2ccccc2)cc1OC. The first-order valence-corrected chi connectivity index (χ1v) is 11.7. The molecular formula is C28H32N2O3. The molecule has 1 atom stereocenters. The molecule has 0 aliphatic carbocycles. The summed E-state index contributed by atoms with van der Waals surface area (Å²) in [6.07, 6.45) is 4.30. The number of hydrogen-bond acceptors (Lipinski definition) is 4. The van der Waals surface area contributed by atoms with E-state index in [1.807, 2.05) is 77.7 Å². The number of para-hydroxylation sites is 1. The molecule has 172 valence electrons. The predicted molar refractivity (Wildman–Crippen MR) is 132 cm³/mol. The molecule has 33 heavy (non-hydrogen) atoms. The summed E-state index contributed by atoms with van der Waals surface area (Å²) < 4.78 is 11.6. The summed E-state index contributed by atoms with van der Waals surface area (Å²) in [7, 11) is 1.65. The molecule has 3 aromatic carbocycles. The van der Waals surface area contributed by atoms with Crippen LogP contribution in [-0.4, -0.2) is 24.5 Å². The molecule has 0 saturated heterocycles. The number of nitrogens with zero attached hydrogens (tertiary/aromatic N) is 1. The van der Waals surface area contributed by atoms with Gasteiger partial charge >= 0.3 is 0 Å². The lowest BCUT2D eigenvalue weighted by molar-refractivity contribution is 0.0666. The number of unbranched alkanes of at least 4 members (excludes halogenated alkanes) is 3. The summed E-state index contributed by atoms with van der Waals surface area (Å²) in [5.41, 5.74) is 3.55. The van der Waals surface area contributed by atoms with E-state index in [2.05, 4.69) is 12.2 Å². The zero-order valence-electron chi connectivity index (χ0n) is 19.4. The highest BCUT2D eigenvalue weighted by Gasteiger charge is 2.33. The van der Waals surface area contributed by atoms with E-state index in [4.69, 9.17) is 9.47 Å². The van der Waals surface area contributed by atoms with Crippen molar-refractivity contribution < 1.29 is 14.3 Å². The van der Waals surface area contributed by atoms with Crippen LogP contribution in [0.25, 0.3) is 0 Å². The van der Waals surface area contributed by atoms with Gasteiger partial charge in [0.1, 0.15) is 6.17 Å². The fourth-order valence-electron chi connectivity index (χ4n) is 4.18. The third kappa shape index (κ3) is 5.30. The molecule has 0 fully saturated rings. The molecule has 0 aromatic heterocycles. The number of rotatable bonds is 10. The van der Waals surface area contributed by atoms with Gasteiger partial charge in [0.2, 0.25) is 0 Å². The Morgan fingerprint density at radius 1 is 0.909 bits per heavy atom. The second-order valence-corrected chi connectivity index (χ2v) is 8.33. The van der Waals surface area contributed by atoms with Crippen molar-refractivity contribution in [3.05, 3.63) is 89.5 Å². The highest BCUT2D eigenvalue weighted by molar-refractivity contribution is 6.01. The van der Waals surface area contributed by atoms with Crippen molar-refractivity contribution in [1.29, 1.82) is 0 Å². The van der Waals surface area contributed by atoms with Gasteiger partial charge in [0.15, 0.2) is 11.5 Å². The second-order valence-electron chi connectivity index (χ2n) is 8.33. The normalized spacial score (nSPS) is 15.0. The molecular weight excluding hydrogens is 412 g/mol. The summed E-state index contributed by atoms with van der Waals surface area (Å²) in [5.74, 6) is 1.42. The monoisotopic (exact) mass is 444 g/mol. The van der Waals surface area contributed by atoms with Crippen LogP contribution in [0.1, 0.15) is 60.3 Å². The lowest BCUT2D eigenvalue weighted by atomic mass is 10.0. The van der Waals surface area contributed by atoms with Crippen molar-refractivity contribution in [1.82, 2.24) is 4.90 Å². The van der Waals surface area contributed by atoms with Crippen LogP contribution in [0.3, 0.4) is 0 Å². The molecule has 1 amide bonds.